The van der Waals surface area contributed by atoms with Crippen molar-refractivity contribution in [2.75, 3.05) is 7.05 Å². The lowest BCUT2D eigenvalue weighted by molar-refractivity contribution is 0.915. The summed E-state index contributed by atoms with van der Waals surface area (Å²) in [5.41, 5.74) is 3.94. The molecule has 0 saturated carbocycles. The van der Waals surface area contributed by atoms with Crippen LogP contribution in [0.25, 0.3) is 0 Å². The summed E-state index contributed by atoms with van der Waals surface area (Å²) in [6, 6.07) is 18.9. The van der Waals surface area contributed by atoms with Gasteiger partial charge in [0.05, 0.1) is 0 Å². The van der Waals surface area contributed by atoms with Crippen LogP contribution in [0.4, 0.5) is 0 Å². The highest BCUT2D eigenvalue weighted by Crippen LogP contribution is 2.13. The molecule has 2 nitrogen and oxygen atoms in total. The second kappa shape index (κ2) is 9.48. The number of rotatable bonds is 4. The molecular formula is C17H21ClN2S. The Balaban J connectivity index is 0.00000220. The molecule has 0 aliphatic carbocycles. The SMILES string of the molecule is CN=C(NCc1ccccc1C)SCc1ccccc1.Cl. The smallest absolute Gasteiger partial charge is 0.156 e. The molecule has 0 saturated heterocycles. The number of nitrogens with zero attached hydrogens (tertiary/aromatic N) is 1. The monoisotopic (exact) mass is 320 g/mol. The molecule has 0 aliphatic rings. The molecule has 0 aromatic heterocycles. The molecule has 1 N–H and O–H groups in total. The average Bonchev–Trinajstić information content (AvgIpc) is 2.50. The van der Waals surface area contributed by atoms with Crippen LogP contribution < -0.4 is 5.32 Å². The summed E-state index contributed by atoms with van der Waals surface area (Å²) < 4.78 is 0. The molecular weight excluding hydrogens is 300 g/mol. The number of thioether (sulfide) groups is 1. The molecule has 0 unspecified atom stereocenters. The van der Waals surface area contributed by atoms with E-state index >= 15 is 0 Å². The van der Waals surface area contributed by atoms with Gasteiger partial charge in [0.25, 0.3) is 0 Å². The Morgan fingerprint density at radius 2 is 1.71 bits per heavy atom. The minimum absolute atomic E-state index is 0. The summed E-state index contributed by atoms with van der Waals surface area (Å²) in [7, 11) is 1.83. The van der Waals surface area contributed by atoms with Crippen LogP contribution in [-0.2, 0) is 12.3 Å². The summed E-state index contributed by atoms with van der Waals surface area (Å²) in [6.45, 7) is 2.96. The zero-order valence-electron chi connectivity index (χ0n) is 12.4. The van der Waals surface area contributed by atoms with Gasteiger partial charge in [0.15, 0.2) is 5.17 Å². The molecule has 0 fully saturated rings. The zero-order valence-corrected chi connectivity index (χ0v) is 14.0. The Morgan fingerprint density at radius 3 is 2.38 bits per heavy atom. The number of amidine groups is 1. The third-order valence-electron chi connectivity index (χ3n) is 3.11. The Hall–Kier alpha value is -1.45. The van der Waals surface area contributed by atoms with Gasteiger partial charge in [-0.2, -0.15) is 0 Å². The van der Waals surface area contributed by atoms with Crippen LogP contribution >= 0.6 is 24.2 Å². The van der Waals surface area contributed by atoms with Crippen LogP contribution in [0.2, 0.25) is 0 Å². The van der Waals surface area contributed by atoms with Crippen molar-refractivity contribution in [1.29, 1.82) is 0 Å². The van der Waals surface area contributed by atoms with Gasteiger partial charge >= 0.3 is 0 Å². The van der Waals surface area contributed by atoms with Crippen molar-refractivity contribution in [2.45, 2.75) is 19.2 Å². The highest BCUT2D eigenvalue weighted by Gasteiger charge is 2.02. The summed E-state index contributed by atoms with van der Waals surface area (Å²) in [6.07, 6.45) is 0. The van der Waals surface area contributed by atoms with Gasteiger partial charge in [0, 0.05) is 19.3 Å². The van der Waals surface area contributed by atoms with Gasteiger partial charge in [-0.15, -0.1) is 12.4 Å². The molecule has 2 rings (SSSR count). The summed E-state index contributed by atoms with van der Waals surface area (Å²) in [5.74, 6) is 0.939. The van der Waals surface area contributed by atoms with Crippen molar-refractivity contribution >= 4 is 29.3 Å². The zero-order chi connectivity index (χ0) is 14.2. The van der Waals surface area contributed by atoms with Crippen molar-refractivity contribution in [3.05, 3.63) is 71.3 Å². The van der Waals surface area contributed by atoms with Crippen molar-refractivity contribution in [3.8, 4) is 0 Å². The Labute approximate surface area is 137 Å². The van der Waals surface area contributed by atoms with E-state index in [0.717, 1.165) is 17.5 Å². The highest BCUT2D eigenvalue weighted by atomic mass is 35.5. The molecule has 21 heavy (non-hydrogen) atoms. The average molecular weight is 321 g/mol. The lowest BCUT2D eigenvalue weighted by Gasteiger charge is -2.10. The first-order valence-corrected chi connectivity index (χ1v) is 7.70. The van der Waals surface area contributed by atoms with Gasteiger partial charge in [-0.3, -0.25) is 4.99 Å². The summed E-state index contributed by atoms with van der Waals surface area (Å²) in [5, 5.41) is 4.39. The van der Waals surface area contributed by atoms with E-state index in [9.17, 15) is 0 Å². The van der Waals surface area contributed by atoms with Crippen LogP contribution in [0.1, 0.15) is 16.7 Å². The summed E-state index contributed by atoms with van der Waals surface area (Å²) >= 11 is 1.74. The molecule has 0 aliphatic heterocycles. The maximum Gasteiger partial charge on any atom is 0.156 e. The van der Waals surface area contributed by atoms with Gasteiger partial charge in [-0.25, -0.2) is 0 Å². The van der Waals surface area contributed by atoms with Crippen molar-refractivity contribution in [1.82, 2.24) is 5.32 Å². The first kappa shape index (κ1) is 17.6. The minimum atomic E-state index is 0. The third kappa shape index (κ3) is 5.82. The van der Waals surface area contributed by atoms with Crippen LogP contribution in [0.3, 0.4) is 0 Å². The topological polar surface area (TPSA) is 24.4 Å². The van der Waals surface area contributed by atoms with E-state index < -0.39 is 0 Å². The molecule has 0 amide bonds. The predicted octanol–water partition coefficient (Wildman–Crippen LogP) is 4.43. The largest absolute Gasteiger partial charge is 0.361 e. The number of aliphatic imine (C=N–C) groups is 1. The molecule has 0 radical (unpaired) electrons. The van der Waals surface area contributed by atoms with E-state index in [1.54, 1.807) is 11.8 Å². The maximum atomic E-state index is 4.32. The van der Waals surface area contributed by atoms with Crippen LogP contribution in [0.15, 0.2) is 59.6 Å². The lowest BCUT2D eigenvalue weighted by atomic mass is 10.1. The number of hydrogen-bond acceptors (Lipinski definition) is 2. The van der Waals surface area contributed by atoms with E-state index in [0.29, 0.717) is 0 Å². The number of benzene rings is 2. The first-order chi connectivity index (χ1) is 9.79. The molecule has 0 heterocycles. The molecule has 4 heteroatoms. The van der Waals surface area contributed by atoms with Gasteiger partial charge < -0.3 is 5.32 Å². The maximum absolute atomic E-state index is 4.32. The van der Waals surface area contributed by atoms with Crippen LogP contribution in [-0.4, -0.2) is 12.2 Å². The molecule has 2 aromatic carbocycles. The Morgan fingerprint density at radius 1 is 1.05 bits per heavy atom. The predicted molar refractivity (Wildman–Crippen MR) is 96.4 cm³/mol. The van der Waals surface area contributed by atoms with Crippen molar-refractivity contribution in [3.63, 3.8) is 0 Å². The molecule has 0 atom stereocenters. The van der Waals surface area contributed by atoms with Gasteiger partial charge in [0.2, 0.25) is 0 Å². The molecule has 112 valence electrons. The molecule has 0 bridgehead atoms. The molecule has 2 aromatic rings. The first-order valence-electron chi connectivity index (χ1n) is 6.71. The second-order valence-electron chi connectivity index (χ2n) is 4.58. The van der Waals surface area contributed by atoms with Gasteiger partial charge in [-0.1, -0.05) is 66.4 Å². The fourth-order valence-corrected chi connectivity index (χ4v) is 2.70. The van der Waals surface area contributed by atoms with Crippen LogP contribution in [0.5, 0.6) is 0 Å². The third-order valence-corrected chi connectivity index (χ3v) is 4.19. The normalized spacial score (nSPS) is 10.9. The fraction of sp³-hybridized carbons (Fsp3) is 0.235. The molecule has 0 spiro atoms. The van der Waals surface area contributed by atoms with E-state index in [1.807, 2.05) is 13.1 Å². The number of halogens is 1. The number of nitrogens with one attached hydrogen (secondary N) is 1. The van der Waals surface area contributed by atoms with Gasteiger partial charge in [-0.05, 0) is 23.6 Å². The van der Waals surface area contributed by atoms with E-state index in [-0.39, 0.29) is 12.4 Å². The van der Waals surface area contributed by atoms with E-state index in [2.05, 4.69) is 65.8 Å². The number of hydrogen-bond donors (Lipinski definition) is 1. The summed E-state index contributed by atoms with van der Waals surface area (Å²) in [4.78, 5) is 4.32. The number of aryl methyl sites for hydroxylation is 1. The Kier molecular flexibility index (Phi) is 7.95. The van der Waals surface area contributed by atoms with Crippen molar-refractivity contribution in [2.24, 2.45) is 4.99 Å². The van der Waals surface area contributed by atoms with Crippen molar-refractivity contribution < 1.29 is 0 Å². The van der Waals surface area contributed by atoms with E-state index in [4.69, 9.17) is 0 Å². The fourth-order valence-electron chi connectivity index (χ4n) is 1.90. The van der Waals surface area contributed by atoms with Crippen LogP contribution in [0, 0.1) is 6.92 Å². The minimum Gasteiger partial charge on any atom is -0.361 e. The van der Waals surface area contributed by atoms with E-state index in [1.165, 1.54) is 16.7 Å². The highest BCUT2D eigenvalue weighted by molar-refractivity contribution is 8.13. The second-order valence-corrected chi connectivity index (χ2v) is 5.55. The standard InChI is InChI=1S/C17H20N2S.ClH/c1-14-8-6-7-11-16(14)12-19-17(18-2)20-13-15-9-4-3-5-10-15;/h3-11H,12-13H2,1-2H3,(H,18,19);1H. The van der Waals surface area contributed by atoms with Gasteiger partial charge in [0.1, 0.15) is 0 Å². The lowest BCUT2D eigenvalue weighted by Crippen LogP contribution is -2.20. The quantitative estimate of drug-likeness (QED) is 0.666. The Bertz CT molecular complexity index is 570.